The molecule has 0 saturated heterocycles. The van der Waals surface area contributed by atoms with Crippen molar-refractivity contribution in [1.29, 1.82) is 0 Å². The first-order chi connectivity index (χ1) is 9.08. The van der Waals surface area contributed by atoms with Crippen LogP contribution in [-0.2, 0) is 0 Å². The fourth-order valence-electron chi connectivity index (χ4n) is 1.79. The smallest absolute Gasteiger partial charge is 0.202 e. The molecule has 0 heterocycles. The van der Waals surface area contributed by atoms with Gasteiger partial charge in [0.05, 0.1) is 0 Å². The summed E-state index contributed by atoms with van der Waals surface area (Å²) in [4.78, 5) is 12.1. The number of ketones is 1. The van der Waals surface area contributed by atoms with Gasteiger partial charge in [-0.05, 0) is 37.6 Å². The van der Waals surface area contributed by atoms with Crippen molar-refractivity contribution in [3.63, 3.8) is 0 Å². The highest BCUT2D eigenvalue weighted by Gasteiger charge is 2.16. The van der Waals surface area contributed by atoms with E-state index in [1.807, 2.05) is 31.2 Å². The van der Waals surface area contributed by atoms with Crippen molar-refractivity contribution in [1.82, 2.24) is 0 Å². The number of halogens is 1. The van der Waals surface area contributed by atoms with Crippen LogP contribution >= 0.6 is 11.6 Å². The fraction of sp³-hybridized carbons (Fsp3) is 0.188. The third kappa shape index (κ3) is 3.36. The first-order valence-corrected chi connectivity index (χ1v) is 6.48. The summed E-state index contributed by atoms with van der Waals surface area (Å²) in [6.07, 6.45) is -0.525. The predicted molar refractivity (Wildman–Crippen MR) is 77.1 cm³/mol. The van der Waals surface area contributed by atoms with Gasteiger partial charge in [0.15, 0.2) is 6.10 Å². The minimum absolute atomic E-state index is 0.0341. The van der Waals surface area contributed by atoms with E-state index in [0.717, 1.165) is 5.56 Å². The molecule has 0 amide bonds. The van der Waals surface area contributed by atoms with Crippen molar-refractivity contribution in [3.8, 4) is 5.75 Å². The van der Waals surface area contributed by atoms with Gasteiger partial charge < -0.3 is 4.74 Å². The van der Waals surface area contributed by atoms with Gasteiger partial charge in [-0.1, -0.05) is 41.9 Å². The van der Waals surface area contributed by atoms with Crippen molar-refractivity contribution in [2.45, 2.75) is 20.0 Å². The number of hydrogen-bond donors (Lipinski definition) is 0. The van der Waals surface area contributed by atoms with Crippen LogP contribution in [0.5, 0.6) is 5.75 Å². The monoisotopic (exact) mass is 274 g/mol. The molecular formula is C16H15ClO2. The highest BCUT2D eigenvalue weighted by atomic mass is 35.5. The van der Waals surface area contributed by atoms with Crippen LogP contribution in [0.25, 0.3) is 0 Å². The second-order valence-electron chi connectivity index (χ2n) is 4.40. The van der Waals surface area contributed by atoms with E-state index in [-0.39, 0.29) is 5.78 Å². The standard InChI is InChI=1S/C16H15ClO2/c1-11-10-14(8-9-15(11)17)19-12(2)16(18)13-6-4-3-5-7-13/h3-10,12H,1-2H3. The zero-order valence-electron chi connectivity index (χ0n) is 10.9. The number of rotatable bonds is 4. The van der Waals surface area contributed by atoms with Crippen LogP contribution < -0.4 is 4.74 Å². The van der Waals surface area contributed by atoms with E-state index < -0.39 is 6.10 Å². The predicted octanol–water partition coefficient (Wildman–Crippen LogP) is 4.30. The van der Waals surface area contributed by atoms with Crippen LogP contribution in [0.2, 0.25) is 5.02 Å². The molecule has 98 valence electrons. The van der Waals surface area contributed by atoms with Gasteiger partial charge in [-0.25, -0.2) is 0 Å². The van der Waals surface area contributed by atoms with Gasteiger partial charge in [0.1, 0.15) is 5.75 Å². The number of carbonyl (C=O) groups is 1. The lowest BCUT2D eigenvalue weighted by Crippen LogP contribution is -2.23. The fourth-order valence-corrected chi connectivity index (χ4v) is 1.90. The molecule has 2 aromatic carbocycles. The van der Waals surface area contributed by atoms with E-state index in [0.29, 0.717) is 16.3 Å². The Morgan fingerprint density at radius 2 is 1.84 bits per heavy atom. The molecule has 0 aliphatic rings. The number of benzene rings is 2. The molecule has 3 heteroatoms. The molecule has 0 aromatic heterocycles. The summed E-state index contributed by atoms with van der Waals surface area (Å²) in [5.74, 6) is 0.617. The maximum Gasteiger partial charge on any atom is 0.202 e. The van der Waals surface area contributed by atoms with E-state index in [1.165, 1.54) is 0 Å². The minimum Gasteiger partial charge on any atom is -0.483 e. The van der Waals surface area contributed by atoms with E-state index in [9.17, 15) is 4.79 Å². The van der Waals surface area contributed by atoms with E-state index >= 15 is 0 Å². The third-order valence-corrected chi connectivity index (χ3v) is 3.29. The lowest BCUT2D eigenvalue weighted by molar-refractivity contribution is 0.0818. The molecule has 19 heavy (non-hydrogen) atoms. The summed E-state index contributed by atoms with van der Waals surface area (Å²) in [6.45, 7) is 3.65. The normalized spacial score (nSPS) is 11.9. The summed E-state index contributed by atoms with van der Waals surface area (Å²) >= 11 is 5.95. The second-order valence-corrected chi connectivity index (χ2v) is 4.81. The van der Waals surface area contributed by atoms with Crippen molar-refractivity contribution in [3.05, 3.63) is 64.7 Å². The van der Waals surface area contributed by atoms with Crippen molar-refractivity contribution in [2.24, 2.45) is 0 Å². The SMILES string of the molecule is Cc1cc(OC(C)C(=O)c2ccccc2)ccc1Cl. The zero-order valence-corrected chi connectivity index (χ0v) is 11.6. The Balaban J connectivity index is 2.10. The van der Waals surface area contributed by atoms with E-state index in [2.05, 4.69) is 0 Å². The Bertz CT molecular complexity index is 579. The van der Waals surface area contributed by atoms with Crippen LogP contribution in [-0.4, -0.2) is 11.9 Å². The lowest BCUT2D eigenvalue weighted by atomic mass is 10.1. The molecule has 0 bridgehead atoms. The Labute approximate surface area is 118 Å². The van der Waals surface area contributed by atoms with Crippen LogP contribution in [0.15, 0.2) is 48.5 Å². The maximum atomic E-state index is 12.1. The summed E-state index contributed by atoms with van der Waals surface area (Å²) in [5, 5.41) is 0.689. The highest BCUT2D eigenvalue weighted by molar-refractivity contribution is 6.31. The largest absolute Gasteiger partial charge is 0.483 e. The van der Waals surface area contributed by atoms with Crippen LogP contribution in [0.4, 0.5) is 0 Å². The Hall–Kier alpha value is -1.80. The summed E-state index contributed by atoms with van der Waals surface area (Å²) in [7, 11) is 0. The Morgan fingerprint density at radius 1 is 1.16 bits per heavy atom. The summed E-state index contributed by atoms with van der Waals surface area (Å²) in [6, 6.07) is 14.5. The maximum absolute atomic E-state index is 12.1. The molecular weight excluding hydrogens is 260 g/mol. The average Bonchev–Trinajstić information content (AvgIpc) is 2.43. The average molecular weight is 275 g/mol. The molecule has 0 N–H and O–H groups in total. The van der Waals surface area contributed by atoms with Crippen LogP contribution in [0.3, 0.4) is 0 Å². The highest BCUT2D eigenvalue weighted by Crippen LogP contribution is 2.22. The zero-order chi connectivity index (χ0) is 13.8. The van der Waals surface area contributed by atoms with E-state index in [1.54, 1.807) is 31.2 Å². The van der Waals surface area contributed by atoms with Crippen molar-refractivity contribution < 1.29 is 9.53 Å². The van der Waals surface area contributed by atoms with Gasteiger partial charge in [0.25, 0.3) is 0 Å². The molecule has 2 rings (SSSR count). The molecule has 0 radical (unpaired) electrons. The minimum atomic E-state index is -0.525. The summed E-state index contributed by atoms with van der Waals surface area (Å²) in [5.41, 5.74) is 1.58. The molecule has 2 aromatic rings. The topological polar surface area (TPSA) is 26.3 Å². The quantitative estimate of drug-likeness (QED) is 0.777. The van der Waals surface area contributed by atoms with Crippen molar-refractivity contribution >= 4 is 17.4 Å². The molecule has 2 nitrogen and oxygen atoms in total. The number of carbonyl (C=O) groups excluding carboxylic acids is 1. The lowest BCUT2D eigenvalue weighted by Gasteiger charge is -2.14. The van der Waals surface area contributed by atoms with Gasteiger partial charge in [-0.3, -0.25) is 4.79 Å². The van der Waals surface area contributed by atoms with Gasteiger partial charge >= 0.3 is 0 Å². The van der Waals surface area contributed by atoms with Gasteiger partial charge in [0.2, 0.25) is 5.78 Å². The second kappa shape index (κ2) is 5.89. The number of ether oxygens (including phenoxy) is 1. The summed E-state index contributed by atoms with van der Waals surface area (Å²) < 4.78 is 5.66. The van der Waals surface area contributed by atoms with Crippen molar-refractivity contribution in [2.75, 3.05) is 0 Å². The third-order valence-electron chi connectivity index (χ3n) is 2.87. The molecule has 0 aliphatic carbocycles. The molecule has 0 spiro atoms. The first-order valence-electron chi connectivity index (χ1n) is 6.10. The first kappa shape index (κ1) is 13.6. The van der Waals surface area contributed by atoms with Crippen LogP contribution in [0.1, 0.15) is 22.8 Å². The van der Waals surface area contributed by atoms with Crippen LogP contribution in [0, 0.1) is 6.92 Å². The molecule has 1 atom stereocenters. The molecule has 0 saturated carbocycles. The Morgan fingerprint density at radius 3 is 2.47 bits per heavy atom. The molecule has 1 unspecified atom stereocenters. The number of Topliss-reactive ketones (excluding diaryl/α,β-unsaturated/α-hetero) is 1. The van der Waals surface area contributed by atoms with E-state index in [4.69, 9.17) is 16.3 Å². The van der Waals surface area contributed by atoms with Gasteiger partial charge in [-0.2, -0.15) is 0 Å². The van der Waals surface area contributed by atoms with Gasteiger partial charge in [0, 0.05) is 10.6 Å². The number of hydrogen-bond acceptors (Lipinski definition) is 2. The number of aryl methyl sites for hydroxylation is 1. The molecule has 0 fully saturated rings. The van der Waals surface area contributed by atoms with Gasteiger partial charge in [-0.15, -0.1) is 0 Å². The Kier molecular flexibility index (Phi) is 4.23. The molecule has 0 aliphatic heterocycles.